The van der Waals surface area contributed by atoms with E-state index >= 15 is 0 Å². The van der Waals surface area contributed by atoms with Crippen LogP contribution in [0.15, 0.2) is 41.8 Å². The van der Waals surface area contributed by atoms with Gasteiger partial charge in [0.25, 0.3) is 11.8 Å². The van der Waals surface area contributed by atoms with Crippen molar-refractivity contribution in [1.82, 2.24) is 5.32 Å². The van der Waals surface area contributed by atoms with Crippen LogP contribution in [0.2, 0.25) is 0 Å². The van der Waals surface area contributed by atoms with E-state index in [9.17, 15) is 14.4 Å². The molecule has 0 aliphatic heterocycles. The van der Waals surface area contributed by atoms with Gasteiger partial charge in [0.1, 0.15) is 6.04 Å². The van der Waals surface area contributed by atoms with Crippen LogP contribution in [0.3, 0.4) is 0 Å². The molecular formula is C15H15N3O3S. The summed E-state index contributed by atoms with van der Waals surface area (Å²) >= 11 is 1.29. The Morgan fingerprint density at radius 1 is 1.14 bits per heavy atom. The molecule has 0 saturated carbocycles. The average Bonchev–Trinajstić information content (AvgIpc) is 3.01. The summed E-state index contributed by atoms with van der Waals surface area (Å²) < 4.78 is 0. The van der Waals surface area contributed by atoms with Crippen molar-refractivity contribution in [1.29, 1.82) is 0 Å². The fraction of sp³-hybridized carbons (Fsp3) is 0.133. The first kappa shape index (κ1) is 15.7. The maximum atomic E-state index is 12.1. The Morgan fingerprint density at radius 2 is 1.86 bits per heavy atom. The summed E-state index contributed by atoms with van der Waals surface area (Å²) in [5, 5.41) is 6.97. The van der Waals surface area contributed by atoms with Crippen LogP contribution in [0, 0.1) is 0 Å². The molecule has 2 rings (SSSR count). The third-order valence-corrected chi connectivity index (χ3v) is 3.80. The predicted octanol–water partition coefficient (Wildman–Crippen LogP) is 1.60. The van der Waals surface area contributed by atoms with Gasteiger partial charge in [-0.1, -0.05) is 18.2 Å². The number of carbonyl (C=O) groups is 3. The van der Waals surface area contributed by atoms with Crippen molar-refractivity contribution in [3.8, 4) is 0 Å². The van der Waals surface area contributed by atoms with Crippen LogP contribution < -0.4 is 16.4 Å². The van der Waals surface area contributed by atoms with Crippen molar-refractivity contribution < 1.29 is 14.4 Å². The van der Waals surface area contributed by atoms with Gasteiger partial charge in [-0.05, 0) is 30.5 Å². The van der Waals surface area contributed by atoms with Crippen LogP contribution in [0.1, 0.15) is 27.0 Å². The highest BCUT2D eigenvalue weighted by Crippen LogP contribution is 2.14. The van der Waals surface area contributed by atoms with Crippen molar-refractivity contribution in [2.45, 2.75) is 13.0 Å². The third-order valence-electron chi connectivity index (χ3n) is 2.94. The number of amides is 3. The van der Waals surface area contributed by atoms with Gasteiger partial charge in [0.05, 0.1) is 16.1 Å². The number of rotatable bonds is 5. The van der Waals surface area contributed by atoms with Crippen LogP contribution in [0.5, 0.6) is 0 Å². The van der Waals surface area contributed by atoms with E-state index < -0.39 is 17.9 Å². The summed E-state index contributed by atoms with van der Waals surface area (Å²) in [6.07, 6.45) is 0. The zero-order chi connectivity index (χ0) is 16.1. The van der Waals surface area contributed by atoms with E-state index in [1.807, 2.05) is 0 Å². The Morgan fingerprint density at radius 3 is 2.50 bits per heavy atom. The Labute approximate surface area is 131 Å². The number of hydrogen-bond acceptors (Lipinski definition) is 4. The summed E-state index contributed by atoms with van der Waals surface area (Å²) in [5.74, 6) is -1.38. The molecule has 1 heterocycles. The molecule has 22 heavy (non-hydrogen) atoms. The van der Waals surface area contributed by atoms with Crippen molar-refractivity contribution in [3.63, 3.8) is 0 Å². The summed E-state index contributed by atoms with van der Waals surface area (Å²) in [6, 6.07) is 9.10. The molecule has 0 aliphatic carbocycles. The second-order valence-corrected chi connectivity index (χ2v) is 5.52. The highest BCUT2D eigenvalue weighted by molar-refractivity contribution is 7.12. The van der Waals surface area contributed by atoms with E-state index in [0.29, 0.717) is 10.6 Å². The van der Waals surface area contributed by atoms with Crippen molar-refractivity contribution in [2.24, 2.45) is 5.73 Å². The van der Waals surface area contributed by atoms with Gasteiger partial charge in [0.2, 0.25) is 5.91 Å². The molecule has 4 N–H and O–H groups in total. The normalized spacial score (nSPS) is 11.5. The molecule has 1 aromatic carbocycles. The molecule has 0 saturated heterocycles. The van der Waals surface area contributed by atoms with Gasteiger partial charge < -0.3 is 16.4 Å². The van der Waals surface area contributed by atoms with Gasteiger partial charge in [0.15, 0.2) is 0 Å². The molecule has 0 spiro atoms. The fourth-order valence-corrected chi connectivity index (χ4v) is 2.42. The number of primary amides is 1. The van der Waals surface area contributed by atoms with Crippen LogP contribution in [-0.2, 0) is 4.79 Å². The predicted molar refractivity (Wildman–Crippen MR) is 84.8 cm³/mol. The van der Waals surface area contributed by atoms with Gasteiger partial charge in [-0.25, -0.2) is 0 Å². The number of nitrogens with one attached hydrogen (secondary N) is 2. The van der Waals surface area contributed by atoms with Crippen molar-refractivity contribution >= 4 is 34.7 Å². The molecule has 1 aromatic heterocycles. The van der Waals surface area contributed by atoms with Crippen LogP contribution in [0.4, 0.5) is 5.69 Å². The standard InChI is InChI=1S/C15H15N3O3S/c1-9(17-15(21)12-7-4-8-22-12)14(20)18-11-6-3-2-5-10(11)13(16)19/h2-9H,1H3,(H2,16,19)(H,17,21)(H,18,20). The second-order valence-electron chi connectivity index (χ2n) is 4.57. The number of para-hydroxylation sites is 1. The number of hydrogen-bond donors (Lipinski definition) is 3. The molecule has 7 heteroatoms. The summed E-state index contributed by atoms with van der Waals surface area (Å²) in [7, 11) is 0. The number of anilines is 1. The maximum absolute atomic E-state index is 12.1. The lowest BCUT2D eigenvalue weighted by Gasteiger charge is -2.15. The summed E-state index contributed by atoms with van der Waals surface area (Å²) in [6.45, 7) is 1.56. The molecule has 6 nitrogen and oxygen atoms in total. The zero-order valence-corrected chi connectivity index (χ0v) is 12.6. The SMILES string of the molecule is CC(NC(=O)c1cccs1)C(=O)Nc1ccccc1C(N)=O. The lowest BCUT2D eigenvalue weighted by Crippen LogP contribution is -2.41. The van der Waals surface area contributed by atoms with Crippen LogP contribution >= 0.6 is 11.3 Å². The number of carbonyl (C=O) groups excluding carboxylic acids is 3. The molecule has 1 unspecified atom stereocenters. The summed E-state index contributed by atoms with van der Waals surface area (Å²) in [5.41, 5.74) is 5.78. The molecule has 2 aromatic rings. The minimum absolute atomic E-state index is 0.215. The van der Waals surface area contributed by atoms with Gasteiger partial charge in [-0.3, -0.25) is 14.4 Å². The highest BCUT2D eigenvalue weighted by atomic mass is 32.1. The van der Waals surface area contributed by atoms with E-state index in [4.69, 9.17) is 5.73 Å². The Kier molecular flexibility index (Phi) is 4.90. The third kappa shape index (κ3) is 3.70. The van der Waals surface area contributed by atoms with Crippen molar-refractivity contribution in [2.75, 3.05) is 5.32 Å². The van der Waals surface area contributed by atoms with Gasteiger partial charge in [-0.15, -0.1) is 11.3 Å². The smallest absolute Gasteiger partial charge is 0.261 e. The molecule has 1 atom stereocenters. The molecular weight excluding hydrogens is 302 g/mol. The van der Waals surface area contributed by atoms with E-state index in [1.165, 1.54) is 17.4 Å². The highest BCUT2D eigenvalue weighted by Gasteiger charge is 2.18. The van der Waals surface area contributed by atoms with Crippen molar-refractivity contribution in [3.05, 3.63) is 52.2 Å². The Hall–Kier alpha value is -2.67. The molecule has 3 amide bonds. The molecule has 0 bridgehead atoms. The van der Waals surface area contributed by atoms with E-state index in [1.54, 1.807) is 42.6 Å². The Balaban J connectivity index is 2.03. The largest absolute Gasteiger partial charge is 0.366 e. The van der Waals surface area contributed by atoms with Gasteiger partial charge in [-0.2, -0.15) is 0 Å². The first-order chi connectivity index (χ1) is 10.5. The zero-order valence-electron chi connectivity index (χ0n) is 11.8. The Bertz CT molecular complexity index is 698. The quantitative estimate of drug-likeness (QED) is 0.780. The monoisotopic (exact) mass is 317 g/mol. The van der Waals surface area contributed by atoms with Gasteiger partial charge in [0, 0.05) is 0 Å². The lowest BCUT2D eigenvalue weighted by molar-refractivity contribution is -0.117. The van der Waals surface area contributed by atoms with E-state index in [0.717, 1.165) is 0 Å². The number of nitrogens with two attached hydrogens (primary N) is 1. The first-order valence-electron chi connectivity index (χ1n) is 6.53. The topological polar surface area (TPSA) is 101 Å². The molecule has 0 fully saturated rings. The van der Waals surface area contributed by atoms with Crippen LogP contribution in [-0.4, -0.2) is 23.8 Å². The minimum Gasteiger partial charge on any atom is -0.366 e. The lowest BCUT2D eigenvalue weighted by atomic mass is 10.1. The number of benzene rings is 1. The number of thiophene rings is 1. The average molecular weight is 317 g/mol. The molecule has 114 valence electrons. The van der Waals surface area contributed by atoms with E-state index in [2.05, 4.69) is 10.6 Å². The van der Waals surface area contributed by atoms with E-state index in [-0.39, 0.29) is 11.5 Å². The molecule has 0 aliphatic rings. The molecule has 0 radical (unpaired) electrons. The first-order valence-corrected chi connectivity index (χ1v) is 7.41. The minimum atomic E-state index is -0.754. The van der Waals surface area contributed by atoms with Crippen LogP contribution in [0.25, 0.3) is 0 Å². The van der Waals surface area contributed by atoms with Gasteiger partial charge >= 0.3 is 0 Å². The summed E-state index contributed by atoms with van der Waals surface area (Å²) in [4.78, 5) is 35.8. The fourth-order valence-electron chi connectivity index (χ4n) is 1.79. The second kappa shape index (κ2) is 6.86. The maximum Gasteiger partial charge on any atom is 0.261 e.